The van der Waals surface area contributed by atoms with Crippen molar-refractivity contribution in [3.8, 4) is 5.88 Å². The Morgan fingerprint density at radius 2 is 2.18 bits per heavy atom. The molecule has 17 heavy (non-hydrogen) atoms. The van der Waals surface area contributed by atoms with Gasteiger partial charge < -0.3 is 15.4 Å². The Morgan fingerprint density at radius 3 is 2.71 bits per heavy atom. The average Bonchev–Trinajstić information content (AvgIpc) is 2.48. The highest BCUT2D eigenvalue weighted by Gasteiger charge is 2.16. The smallest absolute Gasteiger partial charge is 0.222 e. The molecule has 0 saturated carbocycles. The Bertz CT molecular complexity index is 400. The fraction of sp³-hybridized carbons (Fsp3) is 0.636. The third-order valence-electron chi connectivity index (χ3n) is 2.40. The molecule has 0 saturated heterocycles. The van der Waals surface area contributed by atoms with Crippen molar-refractivity contribution in [3.63, 3.8) is 0 Å². The lowest BCUT2D eigenvalue weighted by atomic mass is 10.2. The van der Waals surface area contributed by atoms with E-state index in [4.69, 9.17) is 22.7 Å². The first-order chi connectivity index (χ1) is 7.93. The molecule has 1 aromatic heterocycles. The molecule has 0 spiro atoms. The van der Waals surface area contributed by atoms with Crippen LogP contribution in [-0.2, 0) is 7.05 Å². The summed E-state index contributed by atoms with van der Waals surface area (Å²) in [5.74, 6) is 0.661. The van der Waals surface area contributed by atoms with Gasteiger partial charge in [-0.2, -0.15) is 5.10 Å². The van der Waals surface area contributed by atoms with Gasteiger partial charge in [-0.05, 0) is 27.4 Å². The number of aryl methyl sites for hydroxylation is 2. The molecular weight excluding hydrogens is 236 g/mol. The van der Waals surface area contributed by atoms with Gasteiger partial charge in [-0.3, -0.25) is 0 Å². The molecule has 0 aliphatic rings. The molecule has 0 unspecified atom stereocenters. The van der Waals surface area contributed by atoms with Crippen molar-refractivity contribution < 1.29 is 4.74 Å². The number of nitrogens with zero attached hydrogens (tertiary/aromatic N) is 3. The number of thiocarbonyl (C=S) groups is 1. The number of hydrogen-bond donors (Lipinski definition) is 1. The van der Waals surface area contributed by atoms with E-state index in [9.17, 15) is 0 Å². The highest BCUT2D eigenvalue weighted by molar-refractivity contribution is 7.80. The molecule has 5 nitrogen and oxygen atoms in total. The lowest BCUT2D eigenvalue weighted by molar-refractivity contribution is 0.262. The highest BCUT2D eigenvalue weighted by Crippen LogP contribution is 2.21. The molecule has 0 bridgehead atoms. The van der Waals surface area contributed by atoms with Gasteiger partial charge in [-0.25, -0.2) is 4.68 Å². The molecule has 0 radical (unpaired) electrons. The minimum atomic E-state index is 0.332. The van der Waals surface area contributed by atoms with E-state index in [1.54, 1.807) is 4.68 Å². The van der Waals surface area contributed by atoms with Crippen molar-refractivity contribution >= 4 is 17.2 Å². The standard InChI is InChI=1S/C11H20N4OS/c1-8-9(10(12)17)11(15(4)13-8)16-7-5-6-14(2)3/h5-7H2,1-4H3,(H2,12,17). The first-order valence-corrected chi connectivity index (χ1v) is 5.95. The van der Waals surface area contributed by atoms with E-state index in [1.807, 2.05) is 28.1 Å². The summed E-state index contributed by atoms with van der Waals surface area (Å²) in [7, 11) is 5.90. The molecule has 0 aromatic carbocycles. The zero-order valence-electron chi connectivity index (χ0n) is 10.9. The number of ether oxygens (including phenoxy) is 1. The molecule has 0 aliphatic heterocycles. The molecule has 1 heterocycles. The van der Waals surface area contributed by atoms with E-state index in [0.717, 1.165) is 24.2 Å². The SMILES string of the molecule is Cc1nn(C)c(OCCCN(C)C)c1C(N)=S. The summed E-state index contributed by atoms with van der Waals surface area (Å²) in [5, 5.41) is 4.26. The molecular formula is C11H20N4OS. The fourth-order valence-corrected chi connectivity index (χ4v) is 1.87. The Morgan fingerprint density at radius 1 is 1.53 bits per heavy atom. The summed E-state index contributed by atoms with van der Waals surface area (Å²) in [5.41, 5.74) is 7.22. The van der Waals surface area contributed by atoms with E-state index in [0.29, 0.717) is 17.5 Å². The molecule has 6 heteroatoms. The van der Waals surface area contributed by atoms with Crippen LogP contribution >= 0.6 is 12.2 Å². The topological polar surface area (TPSA) is 56.3 Å². The first kappa shape index (κ1) is 13.9. The second-order valence-electron chi connectivity index (χ2n) is 4.26. The minimum absolute atomic E-state index is 0.332. The minimum Gasteiger partial charge on any atom is -0.477 e. The monoisotopic (exact) mass is 256 g/mol. The Labute approximate surface area is 108 Å². The summed E-state index contributed by atoms with van der Waals surface area (Å²) in [6.07, 6.45) is 0.952. The van der Waals surface area contributed by atoms with Crippen LogP contribution in [0.15, 0.2) is 0 Å². The quantitative estimate of drug-likeness (QED) is 0.599. The van der Waals surface area contributed by atoms with E-state index < -0.39 is 0 Å². The highest BCUT2D eigenvalue weighted by atomic mass is 32.1. The third-order valence-corrected chi connectivity index (χ3v) is 2.61. The summed E-state index contributed by atoms with van der Waals surface area (Å²) in [6.45, 7) is 3.49. The van der Waals surface area contributed by atoms with E-state index in [2.05, 4.69) is 10.00 Å². The largest absolute Gasteiger partial charge is 0.477 e. The van der Waals surface area contributed by atoms with Crippen molar-refractivity contribution in [2.24, 2.45) is 12.8 Å². The van der Waals surface area contributed by atoms with Crippen LogP contribution < -0.4 is 10.5 Å². The van der Waals surface area contributed by atoms with Gasteiger partial charge in [0, 0.05) is 13.6 Å². The summed E-state index contributed by atoms with van der Waals surface area (Å²) < 4.78 is 7.39. The Kier molecular flexibility index (Phi) is 4.89. The van der Waals surface area contributed by atoms with Crippen LogP contribution in [0.5, 0.6) is 5.88 Å². The predicted molar refractivity (Wildman–Crippen MR) is 72.5 cm³/mol. The molecule has 2 N–H and O–H groups in total. The maximum absolute atomic E-state index is 5.71. The van der Waals surface area contributed by atoms with Crippen molar-refractivity contribution in [1.29, 1.82) is 0 Å². The van der Waals surface area contributed by atoms with E-state index >= 15 is 0 Å². The van der Waals surface area contributed by atoms with Crippen LogP contribution in [0.1, 0.15) is 17.7 Å². The van der Waals surface area contributed by atoms with Gasteiger partial charge in [0.05, 0.1) is 17.9 Å². The average molecular weight is 256 g/mol. The Balaban J connectivity index is 2.67. The number of rotatable bonds is 6. The first-order valence-electron chi connectivity index (χ1n) is 5.54. The number of hydrogen-bond acceptors (Lipinski definition) is 4. The van der Waals surface area contributed by atoms with Gasteiger partial charge in [-0.15, -0.1) is 0 Å². The second kappa shape index (κ2) is 5.97. The third kappa shape index (κ3) is 3.67. The molecule has 1 aromatic rings. The van der Waals surface area contributed by atoms with Gasteiger partial charge in [0.15, 0.2) is 0 Å². The summed E-state index contributed by atoms with van der Waals surface area (Å²) in [6, 6.07) is 0. The van der Waals surface area contributed by atoms with Crippen LogP contribution in [0.3, 0.4) is 0 Å². The van der Waals surface area contributed by atoms with Gasteiger partial charge in [-0.1, -0.05) is 12.2 Å². The summed E-state index contributed by atoms with van der Waals surface area (Å²) in [4.78, 5) is 2.45. The molecule has 1 rings (SSSR count). The van der Waals surface area contributed by atoms with Gasteiger partial charge >= 0.3 is 0 Å². The normalized spacial score (nSPS) is 10.9. The lowest BCUT2D eigenvalue weighted by Crippen LogP contribution is -2.17. The van der Waals surface area contributed by atoms with Crippen LogP contribution in [0, 0.1) is 6.92 Å². The maximum atomic E-state index is 5.71. The van der Waals surface area contributed by atoms with Crippen LogP contribution in [0.2, 0.25) is 0 Å². The van der Waals surface area contributed by atoms with E-state index in [1.165, 1.54) is 0 Å². The van der Waals surface area contributed by atoms with Gasteiger partial charge in [0.1, 0.15) is 4.99 Å². The van der Waals surface area contributed by atoms with Crippen molar-refractivity contribution in [2.45, 2.75) is 13.3 Å². The molecule has 0 atom stereocenters. The van der Waals surface area contributed by atoms with Gasteiger partial charge in [0.2, 0.25) is 5.88 Å². The van der Waals surface area contributed by atoms with Crippen LogP contribution in [-0.4, -0.2) is 46.9 Å². The van der Waals surface area contributed by atoms with Crippen molar-refractivity contribution in [1.82, 2.24) is 14.7 Å². The maximum Gasteiger partial charge on any atom is 0.222 e. The fourth-order valence-electron chi connectivity index (χ4n) is 1.64. The number of aromatic nitrogens is 2. The summed E-state index contributed by atoms with van der Waals surface area (Å²) >= 11 is 5.01. The molecule has 0 fully saturated rings. The lowest BCUT2D eigenvalue weighted by Gasteiger charge is -2.11. The molecule has 0 amide bonds. The molecule has 0 aliphatic carbocycles. The van der Waals surface area contributed by atoms with Gasteiger partial charge in [0.25, 0.3) is 0 Å². The van der Waals surface area contributed by atoms with Crippen LogP contribution in [0.4, 0.5) is 0 Å². The van der Waals surface area contributed by atoms with Crippen molar-refractivity contribution in [2.75, 3.05) is 27.2 Å². The van der Waals surface area contributed by atoms with E-state index in [-0.39, 0.29) is 0 Å². The second-order valence-corrected chi connectivity index (χ2v) is 4.70. The zero-order chi connectivity index (χ0) is 13.0. The molecule has 96 valence electrons. The predicted octanol–water partition coefficient (Wildman–Crippen LogP) is 0.693. The van der Waals surface area contributed by atoms with Crippen LogP contribution in [0.25, 0.3) is 0 Å². The number of nitrogens with two attached hydrogens (primary N) is 1. The Hall–Kier alpha value is -1.14. The van der Waals surface area contributed by atoms with Crippen molar-refractivity contribution in [3.05, 3.63) is 11.3 Å². The zero-order valence-corrected chi connectivity index (χ0v) is 11.7.